The molecule has 2 aromatic heterocycles. The van der Waals surface area contributed by atoms with Gasteiger partial charge in [-0.3, -0.25) is 4.98 Å². The lowest BCUT2D eigenvalue weighted by Crippen LogP contribution is -2.76. The molecule has 5 aliphatic rings. The van der Waals surface area contributed by atoms with Crippen LogP contribution in [0.15, 0.2) is 29.7 Å². The molecule has 12 heteroatoms. The first kappa shape index (κ1) is 21.1. The second-order valence-electron chi connectivity index (χ2n) is 11.0. The summed E-state index contributed by atoms with van der Waals surface area (Å²) < 4.78 is 29.1. The highest BCUT2D eigenvalue weighted by Gasteiger charge is 2.60. The Morgan fingerprint density at radius 1 is 1.03 bits per heavy atom. The number of aromatic nitrogens is 4. The molecule has 34 heavy (non-hydrogen) atoms. The molecule has 180 valence electrons. The van der Waals surface area contributed by atoms with Crippen molar-refractivity contribution in [2.45, 2.75) is 42.5 Å². The molecule has 0 atom stereocenters. The summed E-state index contributed by atoms with van der Waals surface area (Å²) >= 11 is 6.06. The van der Waals surface area contributed by atoms with Gasteiger partial charge >= 0.3 is 6.03 Å². The molecular weight excluding hydrogens is 478 g/mol. The summed E-state index contributed by atoms with van der Waals surface area (Å²) in [5, 5.41) is 4.84. The number of rotatable bonds is 4. The van der Waals surface area contributed by atoms with Crippen molar-refractivity contribution >= 4 is 27.7 Å². The van der Waals surface area contributed by atoms with E-state index in [4.69, 9.17) is 11.6 Å². The minimum atomic E-state index is -3.65. The Balaban J connectivity index is 0.890. The first-order valence-electron chi connectivity index (χ1n) is 11.8. The van der Waals surface area contributed by atoms with Crippen LogP contribution in [-0.2, 0) is 10.0 Å². The quantitative estimate of drug-likeness (QED) is 0.631. The number of carbonyl (C=O) groups excluding carboxylic acids is 1. The van der Waals surface area contributed by atoms with Crippen molar-refractivity contribution in [1.82, 2.24) is 33.9 Å². The highest BCUT2D eigenvalue weighted by Crippen LogP contribution is 2.54. The number of halogens is 1. The Morgan fingerprint density at radius 3 is 2.35 bits per heavy atom. The molecular formula is C22H26ClN7O3S. The predicted octanol–water partition coefficient (Wildman–Crippen LogP) is 1.97. The Hall–Kier alpha value is -2.24. The lowest BCUT2D eigenvalue weighted by Gasteiger charge is -2.63. The van der Waals surface area contributed by atoms with E-state index >= 15 is 0 Å². The van der Waals surface area contributed by atoms with Crippen LogP contribution in [0.3, 0.4) is 0 Å². The third-order valence-corrected chi connectivity index (χ3v) is 10.5. The van der Waals surface area contributed by atoms with E-state index in [0.29, 0.717) is 38.1 Å². The molecule has 3 aliphatic heterocycles. The summed E-state index contributed by atoms with van der Waals surface area (Å²) in [5.41, 5.74) is 0.104. The molecule has 2 aliphatic carbocycles. The van der Waals surface area contributed by atoms with Crippen LogP contribution in [0.1, 0.15) is 43.5 Å². The van der Waals surface area contributed by atoms with Gasteiger partial charge in [-0.1, -0.05) is 11.6 Å². The monoisotopic (exact) mass is 503 g/mol. The van der Waals surface area contributed by atoms with E-state index in [9.17, 15) is 13.2 Å². The van der Waals surface area contributed by atoms with Crippen molar-refractivity contribution in [2.75, 3.05) is 39.3 Å². The van der Waals surface area contributed by atoms with Crippen molar-refractivity contribution in [1.29, 1.82) is 0 Å². The minimum Gasteiger partial charge on any atom is -0.323 e. The number of nitrogens with zero attached hydrogens (tertiary/aromatic N) is 7. The van der Waals surface area contributed by atoms with Crippen LogP contribution in [0.4, 0.5) is 4.79 Å². The molecule has 0 unspecified atom stereocenters. The predicted molar refractivity (Wildman–Crippen MR) is 122 cm³/mol. The van der Waals surface area contributed by atoms with Crippen LogP contribution in [0, 0.1) is 10.8 Å². The Kier molecular flexibility index (Phi) is 4.29. The maximum Gasteiger partial charge on any atom is 0.320 e. The van der Waals surface area contributed by atoms with Crippen LogP contribution >= 0.6 is 11.6 Å². The van der Waals surface area contributed by atoms with Crippen molar-refractivity contribution < 1.29 is 13.2 Å². The third-order valence-electron chi connectivity index (χ3n) is 8.20. The molecule has 0 aromatic carbocycles. The van der Waals surface area contributed by atoms with Gasteiger partial charge in [-0.25, -0.2) is 22.9 Å². The Morgan fingerprint density at radius 2 is 1.71 bits per heavy atom. The smallest absolute Gasteiger partial charge is 0.320 e. The summed E-state index contributed by atoms with van der Waals surface area (Å²) in [4.78, 5) is 25.1. The zero-order valence-corrected chi connectivity index (χ0v) is 20.2. The highest BCUT2D eigenvalue weighted by molar-refractivity contribution is 7.89. The van der Waals surface area contributed by atoms with Gasteiger partial charge in [0.1, 0.15) is 11.2 Å². The first-order chi connectivity index (χ1) is 16.3. The molecule has 2 spiro atoms. The molecule has 5 fully saturated rings. The van der Waals surface area contributed by atoms with Gasteiger partial charge in [-0.15, -0.1) is 0 Å². The number of likely N-dealkylation sites (tertiary alicyclic amines) is 2. The Bertz CT molecular complexity index is 1260. The van der Waals surface area contributed by atoms with Crippen LogP contribution in [0.5, 0.6) is 0 Å². The van der Waals surface area contributed by atoms with Gasteiger partial charge in [0.25, 0.3) is 0 Å². The van der Waals surface area contributed by atoms with Crippen LogP contribution in [0.2, 0.25) is 5.02 Å². The number of carbonyl (C=O) groups is 1. The van der Waals surface area contributed by atoms with Crippen molar-refractivity contribution in [3.05, 3.63) is 35.6 Å². The average molecular weight is 504 g/mol. The topological polar surface area (TPSA) is 105 Å². The first-order valence-corrected chi connectivity index (χ1v) is 13.6. The lowest BCUT2D eigenvalue weighted by atomic mass is 9.60. The van der Waals surface area contributed by atoms with Gasteiger partial charge in [0, 0.05) is 68.4 Å². The molecule has 2 aromatic rings. The number of hydrogen-bond acceptors (Lipinski definition) is 6. The second kappa shape index (κ2) is 6.92. The number of hydrogen-bond donors (Lipinski definition) is 0. The SMILES string of the molecule is O=C(N1CC2(CC(n3cnc(C4CC4)n3)C2)C1)N1CC2(C1)CN(S(=O)(=O)c1cnccc1Cl)C2. The fraction of sp³-hybridized carbons (Fsp3) is 0.636. The van der Waals surface area contributed by atoms with E-state index < -0.39 is 10.0 Å². The van der Waals surface area contributed by atoms with Crippen molar-refractivity contribution in [3.8, 4) is 0 Å². The molecule has 2 amide bonds. The molecule has 5 heterocycles. The average Bonchev–Trinajstić information content (AvgIpc) is 3.42. The molecule has 3 saturated heterocycles. The van der Waals surface area contributed by atoms with Gasteiger partial charge in [0.05, 0.1) is 11.1 Å². The fourth-order valence-electron chi connectivity index (χ4n) is 6.14. The summed E-state index contributed by atoms with van der Waals surface area (Å²) in [6.07, 6.45) is 9.16. The van der Waals surface area contributed by atoms with Gasteiger partial charge in [-0.2, -0.15) is 9.40 Å². The van der Waals surface area contributed by atoms with E-state index in [1.807, 2.05) is 20.8 Å². The van der Waals surface area contributed by atoms with Crippen molar-refractivity contribution in [3.63, 3.8) is 0 Å². The molecule has 2 saturated carbocycles. The van der Waals surface area contributed by atoms with Gasteiger partial charge in [0.2, 0.25) is 10.0 Å². The van der Waals surface area contributed by atoms with Crippen LogP contribution in [0.25, 0.3) is 0 Å². The third kappa shape index (κ3) is 3.12. The zero-order valence-electron chi connectivity index (χ0n) is 18.7. The van der Waals surface area contributed by atoms with Crippen LogP contribution in [-0.4, -0.2) is 87.6 Å². The summed E-state index contributed by atoms with van der Waals surface area (Å²) in [6.45, 7) is 3.64. The second-order valence-corrected chi connectivity index (χ2v) is 13.3. The summed E-state index contributed by atoms with van der Waals surface area (Å²) in [7, 11) is -3.65. The molecule has 7 rings (SSSR count). The number of urea groups is 1. The van der Waals surface area contributed by atoms with Crippen molar-refractivity contribution in [2.24, 2.45) is 10.8 Å². The molecule has 0 radical (unpaired) electrons. The van der Waals surface area contributed by atoms with Crippen LogP contribution < -0.4 is 0 Å². The maximum atomic E-state index is 12.9. The highest BCUT2D eigenvalue weighted by atomic mass is 35.5. The number of sulfonamides is 1. The van der Waals surface area contributed by atoms with Gasteiger partial charge < -0.3 is 9.80 Å². The standard InChI is InChI=1S/C22H26ClN7O3S/c23-17-3-4-24-7-18(17)34(32,33)29-12-22(13-29)10-28(11-22)20(31)27-8-21(9-27)5-16(6-21)30-14-25-19(26-30)15-1-2-15/h3-4,7,14-16H,1-2,5-6,8-13H2. The largest absolute Gasteiger partial charge is 0.323 e. The van der Waals surface area contributed by atoms with E-state index in [-0.39, 0.29) is 26.8 Å². The Labute approximate surface area is 202 Å². The maximum absolute atomic E-state index is 12.9. The number of pyridine rings is 1. The summed E-state index contributed by atoms with van der Waals surface area (Å²) in [5.74, 6) is 1.56. The lowest BCUT2D eigenvalue weighted by molar-refractivity contribution is -0.101. The summed E-state index contributed by atoms with van der Waals surface area (Å²) in [6, 6.07) is 1.96. The zero-order chi connectivity index (χ0) is 23.3. The van der Waals surface area contributed by atoms with Gasteiger partial charge in [-0.05, 0) is 31.7 Å². The number of amides is 2. The van der Waals surface area contributed by atoms with Gasteiger partial charge in [0.15, 0.2) is 5.82 Å². The minimum absolute atomic E-state index is 0.0399. The normalized spacial score (nSPS) is 25.6. The molecule has 0 N–H and O–H groups in total. The fourth-order valence-corrected chi connectivity index (χ4v) is 8.21. The molecule has 10 nitrogen and oxygen atoms in total. The molecule has 0 bridgehead atoms. The van der Waals surface area contributed by atoms with E-state index in [1.54, 1.807) is 0 Å². The van der Waals surface area contributed by atoms with E-state index in [2.05, 4.69) is 15.1 Å². The van der Waals surface area contributed by atoms with E-state index in [1.165, 1.54) is 35.6 Å². The van der Waals surface area contributed by atoms with E-state index in [0.717, 1.165) is 31.8 Å².